The van der Waals surface area contributed by atoms with Crippen LogP contribution in [0, 0.1) is 17.1 Å². The number of nitrogens with zero attached hydrogens (tertiary/aromatic N) is 2. The molecular weight excluding hydrogens is 271 g/mol. The minimum Gasteiger partial charge on any atom is -0.494 e. The molecule has 0 unspecified atom stereocenters. The molecule has 110 valence electrons. The summed E-state index contributed by atoms with van der Waals surface area (Å²) in [7, 11) is 1.38. The normalized spacial score (nSPS) is 15.5. The second-order valence-corrected chi connectivity index (χ2v) is 4.92. The van der Waals surface area contributed by atoms with Gasteiger partial charge < -0.3 is 9.64 Å². The topological polar surface area (TPSA) is 53.3 Å². The molecule has 1 fully saturated rings. The number of piperidine rings is 1. The Hall–Kier alpha value is -2.35. The smallest absolute Gasteiger partial charge is 0.264 e. The molecule has 0 N–H and O–H groups in total. The second kappa shape index (κ2) is 6.89. The summed E-state index contributed by atoms with van der Waals surface area (Å²) in [6.45, 7) is 1.35. The first-order chi connectivity index (χ1) is 10.2. The van der Waals surface area contributed by atoms with E-state index in [0.717, 1.165) is 19.3 Å². The minimum absolute atomic E-state index is 0.0291. The van der Waals surface area contributed by atoms with Crippen molar-refractivity contribution in [3.63, 3.8) is 0 Å². The highest BCUT2D eigenvalue weighted by Crippen LogP contribution is 2.20. The van der Waals surface area contributed by atoms with Crippen LogP contribution in [0.15, 0.2) is 23.8 Å². The highest BCUT2D eigenvalue weighted by Gasteiger charge is 2.20. The maximum Gasteiger partial charge on any atom is 0.264 e. The van der Waals surface area contributed by atoms with E-state index in [1.807, 2.05) is 6.07 Å². The molecule has 4 nitrogen and oxygen atoms in total. The van der Waals surface area contributed by atoms with Crippen molar-refractivity contribution in [1.29, 1.82) is 5.26 Å². The van der Waals surface area contributed by atoms with Crippen LogP contribution in [0.2, 0.25) is 0 Å². The molecule has 1 aliphatic heterocycles. The van der Waals surface area contributed by atoms with E-state index in [4.69, 9.17) is 4.74 Å². The Balaban J connectivity index is 2.22. The van der Waals surface area contributed by atoms with Gasteiger partial charge in [0.15, 0.2) is 11.6 Å². The number of carbonyl (C=O) groups is 1. The van der Waals surface area contributed by atoms with Crippen LogP contribution in [0.1, 0.15) is 24.8 Å². The van der Waals surface area contributed by atoms with Gasteiger partial charge in [0, 0.05) is 13.1 Å². The molecule has 0 aliphatic carbocycles. The summed E-state index contributed by atoms with van der Waals surface area (Å²) in [6.07, 6.45) is 4.45. The molecule has 0 saturated carbocycles. The van der Waals surface area contributed by atoms with Gasteiger partial charge in [-0.25, -0.2) is 4.39 Å². The van der Waals surface area contributed by atoms with E-state index in [-0.39, 0.29) is 17.2 Å². The molecule has 1 amide bonds. The van der Waals surface area contributed by atoms with Crippen LogP contribution in [0.5, 0.6) is 5.75 Å². The van der Waals surface area contributed by atoms with Crippen LogP contribution < -0.4 is 4.74 Å². The van der Waals surface area contributed by atoms with Crippen LogP contribution in [-0.4, -0.2) is 31.0 Å². The fourth-order valence-corrected chi connectivity index (χ4v) is 2.35. The van der Waals surface area contributed by atoms with Crippen molar-refractivity contribution >= 4 is 12.0 Å². The van der Waals surface area contributed by atoms with Gasteiger partial charge in [0.2, 0.25) is 0 Å². The summed E-state index contributed by atoms with van der Waals surface area (Å²) in [5, 5.41) is 9.17. The van der Waals surface area contributed by atoms with E-state index in [0.29, 0.717) is 18.7 Å². The molecule has 1 saturated heterocycles. The van der Waals surface area contributed by atoms with Gasteiger partial charge in [0.1, 0.15) is 11.6 Å². The SMILES string of the molecule is COc1ccc(/C=C(\C#N)C(=O)N2CCCCC2)cc1F. The summed E-state index contributed by atoms with van der Waals surface area (Å²) >= 11 is 0. The summed E-state index contributed by atoms with van der Waals surface area (Å²) in [5.74, 6) is -0.671. The number of benzene rings is 1. The summed E-state index contributed by atoms with van der Waals surface area (Å²) in [5.41, 5.74) is 0.497. The Labute approximate surface area is 123 Å². The van der Waals surface area contributed by atoms with Gasteiger partial charge in [-0.2, -0.15) is 5.26 Å². The van der Waals surface area contributed by atoms with Crippen molar-refractivity contribution in [2.75, 3.05) is 20.2 Å². The molecule has 1 aliphatic rings. The monoisotopic (exact) mass is 288 g/mol. The third kappa shape index (κ3) is 3.60. The number of likely N-dealkylation sites (tertiary alicyclic amines) is 1. The third-order valence-electron chi connectivity index (χ3n) is 3.48. The quantitative estimate of drug-likeness (QED) is 0.635. The minimum atomic E-state index is -0.519. The zero-order chi connectivity index (χ0) is 15.2. The third-order valence-corrected chi connectivity index (χ3v) is 3.48. The average Bonchev–Trinajstić information content (AvgIpc) is 2.53. The Morgan fingerprint density at radius 2 is 2.10 bits per heavy atom. The van der Waals surface area contributed by atoms with E-state index in [9.17, 15) is 14.4 Å². The maximum absolute atomic E-state index is 13.6. The molecule has 0 atom stereocenters. The number of nitriles is 1. The van der Waals surface area contributed by atoms with Crippen LogP contribution in [-0.2, 0) is 4.79 Å². The van der Waals surface area contributed by atoms with Crippen molar-refractivity contribution in [1.82, 2.24) is 4.90 Å². The standard InChI is InChI=1S/C16H17FN2O2/c1-21-15-6-5-12(10-14(15)17)9-13(11-18)16(20)19-7-3-2-4-8-19/h5-6,9-10H,2-4,7-8H2,1H3/b13-9+. The molecule has 1 aromatic rings. The van der Waals surface area contributed by atoms with Crippen LogP contribution in [0.3, 0.4) is 0 Å². The van der Waals surface area contributed by atoms with Crippen LogP contribution in [0.25, 0.3) is 6.08 Å². The highest BCUT2D eigenvalue weighted by atomic mass is 19.1. The van der Waals surface area contributed by atoms with E-state index >= 15 is 0 Å². The predicted molar refractivity (Wildman–Crippen MR) is 77.0 cm³/mol. The number of hydrogen-bond donors (Lipinski definition) is 0. The lowest BCUT2D eigenvalue weighted by atomic mass is 10.1. The molecule has 0 radical (unpaired) electrons. The zero-order valence-electron chi connectivity index (χ0n) is 11.9. The molecule has 0 spiro atoms. The largest absolute Gasteiger partial charge is 0.494 e. The Morgan fingerprint density at radius 1 is 1.38 bits per heavy atom. The first-order valence-corrected chi connectivity index (χ1v) is 6.90. The number of amides is 1. The van der Waals surface area contributed by atoms with E-state index in [1.54, 1.807) is 11.0 Å². The average molecular weight is 288 g/mol. The Morgan fingerprint density at radius 3 is 2.67 bits per heavy atom. The van der Waals surface area contributed by atoms with Gasteiger partial charge in [-0.15, -0.1) is 0 Å². The number of methoxy groups -OCH3 is 1. The van der Waals surface area contributed by atoms with Crippen LogP contribution >= 0.6 is 0 Å². The maximum atomic E-state index is 13.6. The van der Waals surface area contributed by atoms with Crippen molar-refractivity contribution in [2.45, 2.75) is 19.3 Å². The Bertz CT molecular complexity index is 599. The molecule has 0 aromatic heterocycles. The number of hydrogen-bond acceptors (Lipinski definition) is 3. The molecule has 2 rings (SSSR count). The first-order valence-electron chi connectivity index (χ1n) is 6.90. The summed E-state index contributed by atoms with van der Waals surface area (Å²) < 4.78 is 18.5. The molecule has 1 aromatic carbocycles. The highest BCUT2D eigenvalue weighted by molar-refractivity contribution is 6.01. The lowest BCUT2D eigenvalue weighted by Gasteiger charge is -2.26. The van der Waals surface area contributed by atoms with Gasteiger partial charge in [0.05, 0.1) is 7.11 Å². The summed E-state index contributed by atoms with van der Waals surface area (Å²) in [4.78, 5) is 13.9. The Kier molecular flexibility index (Phi) is 4.94. The number of carbonyl (C=O) groups excluding carboxylic acids is 1. The second-order valence-electron chi connectivity index (χ2n) is 4.92. The number of halogens is 1. The lowest BCUT2D eigenvalue weighted by Crippen LogP contribution is -2.36. The van der Waals surface area contributed by atoms with Crippen LogP contribution in [0.4, 0.5) is 4.39 Å². The summed E-state index contributed by atoms with van der Waals surface area (Å²) in [6, 6.07) is 6.25. The first kappa shape index (κ1) is 15.0. The predicted octanol–water partition coefficient (Wildman–Crippen LogP) is 2.75. The lowest BCUT2D eigenvalue weighted by molar-refractivity contribution is -0.127. The molecule has 0 bridgehead atoms. The van der Waals surface area contributed by atoms with Crippen molar-refractivity contribution < 1.29 is 13.9 Å². The molecule has 1 heterocycles. The molecule has 21 heavy (non-hydrogen) atoms. The molecular formula is C16H17FN2O2. The molecule has 5 heteroatoms. The van der Waals surface area contributed by atoms with E-state index in [1.165, 1.54) is 25.3 Å². The van der Waals surface area contributed by atoms with Crippen molar-refractivity contribution in [3.8, 4) is 11.8 Å². The fraction of sp³-hybridized carbons (Fsp3) is 0.375. The van der Waals surface area contributed by atoms with Gasteiger partial charge in [-0.05, 0) is 43.0 Å². The van der Waals surface area contributed by atoms with E-state index in [2.05, 4.69) is 0 Å². The zero-order valence-corrected chi connectivity index (χ0v) is 11.9. The van der Waals surface area contributed by atoms with Crippen molar-refractivity contribution in [2.24, 2.45) is 0 Å². The van der Waals surface area contributed by atoms with E-state index < -0.39 is 5.82 Å². The van der Waals surface area contributed by atoms with Gasteiger partial charge >= 0.3 is 0 Å². The van der Waals surface area contributed by atoms with Crippen molar-refractivity contribution in [3.05, 3.63) is 35.2 Å². The fourth-order valence-electron chi connectivity index (χ4n) is 2.35. The van der Waals surface area contributed by atoms with Gasteiger partial charge in [-0.1, -0.05) is 6.07 Å². The number of ether oxygens (including phenoxy) is 1. The van der Waals surface area contributed by atoms with Gasteiger partial charge in [0.25, 0.3) is 5.91 Å². The van der Waals surface area contributed by atoms with Gasteiger partial charge in [-0.3, -0.25) is 4.79 Å². The number of rotatable bonds is 3.